The Bertz CT molecular complexity index is 982. The number of hydrogen-bond donors (Lipinski definition) is 2. The summed E-state index contributed by atoms with van der Waals surface area (Å²) in [6, 6.07) is 14.7. The van der Waals surface area contributed by atoms with Gasteiger partial charge in [-0.25, -0.2) is 4.39 Å². The van der Waals surface area contributed by atoms with Crippen molar-refractivity contribution in [3.05, 3.63) is 70.5 Å². The zero-order valence-electron chi connectivity index (χ0n) is 15.6. The fourth-order valence-corrected chi connectivity index (χ4v) is 3.80. The molecule has 29 heavy (non-hydrogen) atoms. The molecule has 2 aromatic carbocycles. The van der Waals surface area contributed by atoms with Crippen molar-refractivity contribution in [2.45, 2.75) is 12.3 Å². The number of carbonyl (C=O) groups is 2. The third-order valence-electron chi connectivity index (χ3n) is 4.35. The van der Waals surface area contributed by atoms with Crippen molar-refractivity contribution in [2.75, 3.05) is 18.2 Å². The SMILES string of the molecule is COc1ccc(NC(=O)CSC2=C(C#N)[C@H](c3ccc(F)cc3)CC(=O)N2)cc1. The zero-order valence-corrected chi connectivity index (χ0v) is 16.4. The third-order valence-corrected chi connectivity index (χ3v) is 5.37. The second-order valence-electron chi connectivity index (χ2n) is 6.28. The number of rotatable bonds is 6. The summed E-state index contributed by atoms with van der Waals surface area (Å²) in [7, 11) is 1.56. The quantitative estimate of drug-likeness (QED) is 0.759. The Balaban J connectivity index is 1.71. The van der Waals surface area contributed by atoms with E-state index in [1.165, 1.54) is 12.1 Å². The van der Waals surface area contributed by atoms with Gasteiger partial charge < -0.3 is 15.4 Å². The lowest BCUT2D eigenvalue weighted by atomic mass is 9.87. The van der Waals surface area contributed by atoms with Crippen LogP contribution >= 0.6 is 11.8 Å². The normalized spacial score (nSPS) is 16.0. The van der Waals surface area contributed by atoms with Crippen molar-refractivity contribution in [3.63, 3.8) is 0 Å². The molecule has 1 aliphatic heterocycles. The number of carbonyl (C=O) groups excluding carboxylic acids is 2. The van der Waals surface area contributed by atoms with E-state index < -0.39 is 5.92 Å². The minimum Gasteiger partial charge on any atom is -0.497 e. The molecular formula is C21H18FN3O3S. The molecular weight excluding hydrogens is 393 g/mol. The van der Waals surface area contributed by atoms with Gasteiger partial charge >= 0.3 is 0 Å². The monoisotopic (exact) mass is 411 g/mol. The minimum atomic E-state index is -0.471. The molecule has 0 radical (unpaired) electrons. The number of allylic oxidation sites excluding steroid dienone is 1. The van der Waals surface area contributed by atoms with Crippen LogP contribution < -0.4 is 15.4 Å². The molecule has 0 fully saturated rings. The molecule has 1 heterocycles. The number of hydrogen-bond acceptors (Lipinski definition) is 5. The van der Waals surface area contributed by atoms with Gasteiger partial charge in [-0.05, 0) is 42.0 Å². The second kappa shape index (κ2) is 9.26. The number of anilines is 1. The van der Waals surface area contributed by atoms with Crippen molar-refractivity contribution in [3.8, 4) is 11.8 Å². The first kappa shape index (κ1) is 20.4. The fourth-order valence-electron chi connectivity index (χ4n) is 2.92. The number of thioether (sulfide) groups is 1. The van der Waals surface area contributed by atoms with Crippen LogP contribution in [0.1, 0.15) is 17.9 Å². The summed E-state index contributed by atoms with van der Waals surface area (Å²) in [5, 5.41) is 15.4. The number of ether oxygens (including phenoxy) is 1. The van der Waals surface area contributed by atoms with Gasteiger partial charge in [0.1, 0.15) is 11.6 Å². The Morgan fingerprint density at radius 3 is 2.59 bits per heavy atom. The lowest BCUT2D eigenvalue weighted by molar-refractivity contribution is -0.121. The highest BCUT2D eigenvalue weighted by Gasteiger charge is 2.29. The van der Waals surface area contributed by atoms with Crippen molar-refractivity contribution in [2.24, 2.45) is 0 Å². The number of amides is 2. The van der Waals surface area contributed by atoms with Crippen molar-refractivity contribution >= 4 is 29.3 Å². The molecule has 2 amide bonds. The van der Waals surface area contributed by atoms with Gasteiger partial charge in [0.15, 0.2) is 0 Å². The molecule has 2 N–H and O–H groups in total. The van der Waals surface area contributed by atoms with Crippen LogP contribution in [0.3, 0.4) is 0 Å². The summed E-state index contributed by atoms with van der Waals surface area (Å²) in [5.74, 6) is -0.691. The summed E-state index contributed by atoms with van der Waals surface area (Å²) < 4.78 is 18.3. The highest BCUT2D eigenvalue weighted by atomic mass is 32.2. The van der Waals surface area contributed by atoms with Gasteiger partial charge in [-0.2, -0.15) is 5.26 Å². The molecule has 8 heteroatoms. The molecule has 0 unspecified atom stereocenters. The molecule has 2 aromatic rings. The van der Waals surface area contributed by atoms with Gasteiger partial charge in [0, 0.05) is 18.0 Å². The van der Waals surface area contributed by atoms with Crippen molar-refractivity contribution in [1.29, 1.82) is 5.26 Å². The smallest absolute Gasteiger partial charge is 0.234 e. The Morgan fingerprint density at radius 1 is 1.28 bits per heavy atom. The molecule has 3 rings (SSSR count). The van der Waals surface area contributed by atoms with Gasteiger partial charge in [0.25, 0.3) is 0 Å². The van der Waals surface area contributed by atoms with E-state index in [2.05, 4.69) is 16.7 Å². The van der Waals surface area contributed by atoms with E-state index >= 15 is 0 Å². The van der Waals surface area contributed by atoms with Crippen LogP contribution in [0.25, 0.3) is 0 Å². The zero-order chi connectivity index (χ0) is 20.8. The van der Waals surface area contributed by atoms with Gasteiger partial charge in [0.2, 0.25) is 11.8 Å². The number of nitrogens with one attached hydrogen (secondary N) is 2. The topological polar surface area (TPSA) is 91.2 Å². The van der Waals surface area contributed by atoms with E-state index in [0.717, 1.165) is 11.8 Å². The summed E-state index contributed by atoms with van der Waals surface area (Å²) in [6.45, 7) is 0. The maximum Gasteiger partial charge on any atom is 0.234 e. The van der Waals surface area contributed by atoms with Crippen LogP contribution in [0.4, 0.5) is 10.1 Å². The molecule has 1 atom stereocenters. The lowest BCUT2D eigenvalue weighted by Crippen LogP contribution is -2.31. The van der Waals surface area contributed by atoms with Crippen LogP contribution in [0.5, 0.6) is 5.75 Å². The molecule has 0 saturated heterocycles. The average molecular weight is 411 g/mol. The van der Waals surface area contributed by atoms with Crippen LogP contribution in [-0.2, 0) is 9.59 Å². The van der Waals surface area contributed by atoms with E-state index in [4.69, 9.17) is 4.74 Å². The van der Waals surface area contributed by atoms with Gasteiger partial charge in [0.05, 0.1) is 29.5 Å². The van der Waals surface area contributed by atoms with Crippen LogP contribution in [-0.4, -0.2) is 24.7 Å². The van der Waals surface area contributed by atoms with Crippen molar-refractivity contribution < 1.29 is 18.7 Å². The van der Waals surface area contributed by atoms with Gasteiger partial charge in [-0.3, -0.25) is 9.59 Å². The van der Waals surface area contributed by atoms with E-state index in [1.807, 2.05) is 0 Å². The molecule has 0 spiro atoms. The summed E-state index contributed by atoms with van der Waals surface area (Å²) >= 11 is 1.08. The Labute approximate surface area is 171 Å². The maximum absolute atomic E-state index is 13.2. The lowest BCUT2D eigenvalue weighted by Gasteiger charge is -2.25. The van der Waals surface area contributed by atoms with E-state index in [-0.39, 0.29) is 29.8 Å². The highest BCUT2D eigenvalue weighted by molar-refractivity contribution is 8.03. The number of halogens is 1. The van der Waals surface area contributed by atoms with E-state index in [0.29, 0.717) is 27.6 Å². The molecule has 6 nitrogen and oxygen atoms in total. The van der Waals surface area contributed by atoms with Crippen molar-refractivity contribution in [1.82, 2.24) is 5.32 Å². The predicted octanol–water partition coefficient (Wildman–Crippen LogP) is 3.54. The summed E-state index contributed by atoms with van der Waals surface area (Å²) in [5.41, 5.74) is 1.65. The van der Waals surface area contributed by atoms with Crippen LogP contribution in [0.15, 0.2) is 59.1 Å². The number of methoxy groups -OCH3 is 1. The van der Waals surface area contributed by atoms with Crippen LogP contribution in [0, 0.1) is 17.1 Å². The Kier molecular flexibility index (Phi) is 6.52. The predicted molar refractivity (Wildman–Crippen MR) is 109 cm³/mol. The number of benzene rings is 2. The highest BCUT2D eigenvalue weighted by Crippen LogP contribution is 2.36. The third kappa shape index (κ3) is 5.15. The van der Waals surface area contributed by atoms with Gasteiger partial charge in [-0.1, -0.05) is 23.9 Å². The van der Waals surface area contributed by atoms with E-state index in [9.17, 15) is 19.2 Å². The first-order valence-electron chi connectivity index (χ1n) is 8.76. The largest absolute Gasteiger partial charge is 0.497 e. The molecule has 0 bridgehead atoms. The minimum absolute atomic E-state index is 0.0168. The van der Waals surface area contributed by atoms with Crippen LogP contribution in [0.2, 0.25) is 0 Å². The first-order valence-corrected chi connectivity index (χ1v) is 9.75. The summed E-state index contributed by atoms with van der Waals surface area (Å²) in [4.78, 5) is 24.4. The fraction of sp³-hybridized carbons (Fsp3) is 0.190. The number of nitrogens with zero attached hydrogens (tertiary/aromatic N) is 1. The van der Waals surface area contributed by atoms with Gasteiger partial charge in [-0.15, -0.1) is 0 Å². The maximum atomic E-state index is 13.2. The second-order valence-corrected chi connectivity index (χ2v) is 7.26. The number of nitriles is 1. The molecule has 148 valence electrons. The molecule has 0 saturated carbocycles. The Hall–Kier alpha value is -3.31. The Morgan fingerprint density at radius 2 is 1.97 bits per heavy atom. The molecule has 0 aliphatic carbocycles. The first-order chi connectivity index (χ1) is 14.0. The van der Waals surface area contributed by atoms with E-state index in [1.54, 1.807) is 43.5 Å². The standard InChI is InChI=1S/C21H18FN3O3S/c1-28-16-8-6-15(7-9-16)24-20(27)12-29-21-18(11-23)17(10-19(26)25-21)13-2-4-14(22)5-3-13/h2-9,17H,10,12H2,1H3,(H,24,27)(H,25,26)/t17-/m0/s1. The average Bonchev–Trinajstić information content (AvgIpc) is 2.73. The molecule has 0 aromatic heterocycles. The summed E-state index contributed by atoms with van der Waals surface area (Å²) in [6.07, 6.45) is 0.0939. The molecule has 1 aliphatic rings.